The van der Waals surface area contributed by atoms with Crippen molar-refractivity contribution in [2.45, 2.75) is 70.9 Å². The van der Waals surface area contributed by atoms with Gasteiger partial charge in [-0.2, -0.15) is 4.31 Å². The number of carbonyl (C=O) groups is 2. The lowest BCUT2D eigenvalue weighted by Crippen LogP contribution is -2.47. The molecule has 2 heterocycles. The lowest BCUT2D eigenvalue weighted by atomic mass is 9.68. The zero-order valence-corrected chi connectivity index (χ0v) is 22.8. The third-order valence-corrected chi connectivity index (χ3v) is 9.42. The molecule has 2 atom stereocenters. The van der Waals surface area contributed by atoms with E-state index in [0.29, 0.717) is 44.7 Å². The summed E-state index contributed by atoms with van der Waals surface area (Å²) >= 11 is 0. The molecule has 0 spiro atoms. The van der Waals surface area contributed by atoms with Crippen molar-refractivity contribution in [3.63, 3.8) is 0 Å². The number of morpholine rings is 1. The average Bonchev–Trinajstić information content (AvgIpc) is 3.04. The van der Waals surface area contributed by atoms with Gasteiger partial charge in [0.25, 0.3) is 0 Å². The van der Waals surface area contributed by atoms with Crippen LogP contribution in [0.25, 0.3) is 0 Å². The summed E-state index contributed by atoms with van der Waals surface area (Å²) in [6, 6.07) is 6.90. The fraction of sp³-hybridized carbons (Fsp3) is 0.630. The van der Waals surface area contributed by atoms with Gasteiger partial charge in [-0.05, 0) is 56.2 Å². The second-order valence-electron chi connectivity index (χ2n) is 11.1. The van der Waals surface area contributed by atoms with E-state index in [9.17, 15) is 18.0 Å². The lowest BCUT2D eigenvalue weighted by Gasteiger charge is -2.41. The Hall–Kier alpha value is -2.23. The van der Waals surface area contributed by atoms with E-state index in [2.05, 4.69) is 13.8 Å². The molecule has 9 heteroatoms. The number of nitrogens with zero attached hydrogens (tertiary/aromatic N) is 2. The van der Waals surface area contributed by atoms with Crippen molar-refractivity contribution in [3.8, 4) is 0 Å². The number of carbonyl (C=O) groups excluding carboxylic acids is 2. The van der Waals surface area contributed by atoms with Crippen molar-refractivity contribution >= 4 is 21.8 Å². The van der Waals surface area contributed by atoms with E-state index in [1.54, 1.807) is 12.1 Å². The fourth-order valence-electron chi connectivity index (χ4n) is 5.87. The molecule has 0 radical (unpaired) electrons. The molecule has 0 N–H and O–H groups in total. The van der Waals surface area contributed by atoms with Gasteiger partial charge in [0.2, 0.25) is 10.0 Å². The lowest BCUT2D eigenvalue weighted by molar-refractivity contribution is -0.149. The van der Waals surface area contributed by atoms with Crippen LogP contribution in [-0.4, -0.2) is 74.4 Å². The van der Waals surface area contributed by atoms with Gasteiger partial charge in [0.1, 0.15) is 12.3 Å². The fourth-order valence-corrected chi connectivity index (χ4v) is 7.50. The molecular formula is C27H38N2O6S. The third-order valence-electron chi connectivity index (χ3n) is 7.43. The SMILES string of the molecule is CC1=C(Cc2ccccc2S(=O)(=O)N2CCOCC2)C2C(=O)CC(C)(C)CC2N1CC(=O)OC(C)C. The number of ketones is 1. The third kappa shape index (κ3) is 5.38. The number of Topliss-reactive ketones (excluding diaryl/α,β-unsaturated/α-hetero) is 1. The van der Waals surface area contributed by atoms with Crippen molar-refractivity contribution in [1.29, 1.82) is 0 Å². The highest BCUT2D eigenvalue weighted by Crippen LogP contribution is 2.48. The van der Waals surface area contributed by atoms with Crippen molar-refractivity contribution < 1.29 is 27.5 Å². The first kappa shape index (κ1) is 26.8. The largest absolute Gasteiger partial charge is 0.462 e. The van der Waals surface area contributed by atoms with Gasteiger partial charge < -0.3 is 14.4 Å². The first-order chi connectivity index (χ1) is 16.9. The molecule has 0 bridgehead atoms. The second kappa shape index (κ2) is 10.3. The minimum atomic E-state index is -3.70. The number of esters is 1. The van der Waals surface area contributed by atoms with Crippen LogP contribution in [0.1, 0.15) is 53.0 Å². The predicted octanol–water partition coefficient (Wildman–Crippen LogP) is 3.17. The summed E-state index contributed by atoms with van der Waals surface area (Å²) in [5.74, 6) is -0.529. The highest BCUT2D eigenvalue weighted by atomic mass is 32.2. The Morgan fingerprint density at radius 1 is 1.19 bits per heavy atom. The zero-order valence-electron chi connectivity index (χ0n) is 22.0. The number of rotatable bonds is 7. The van der Waals surface area contributed by atoms with E-state index in [0.717, 1.165) is 17.7 Å². The number of hydrogen-bond donors (Lipinski definition) is 0. The summed E-state index contributed by atoms with van der Waals surface area (Å²) in [6.07, 6.45) is 1.35. The van der Waals surface area contributed by atoms with Gasteiger partial charge in [-0.15, -0.1) is 0 Å². The minimum Gasteiger partial charge on any atom is -0.462 e. The van der Waals surface area contributed by atoms with Crippen molar-refractivity contribution in [3.05, 3.63) is 41.1 Å². The van der Waals surface area contributed by atoms with Crippen LogP contribution >= 0.6 is 0 Å². The first-order valence-electron chi connectivity index (χ1n) is 12.7. The number of sulfonamides is 1. The topological polar surface area (TPSA) is 93.2 Å². The number of hydrogen-bond acceptors (Lipinski definition) is 7. The quantitative estimate of drug-likeness (QED) is 0.512. The van der Waals surface area contributed by atoms with E-state index in [4.69, 9.17) is 9.47 Å². The Kier molecular flexibility index (Phi) is 7.65. The number of benzene rings is 1. The maximum absolute atomic E-state index is 13.5. The van der Waals surface area contributed by atoms with Crippen LogP contribution in [0, 0.1) is 11.3 Å². The van der Waals surface area contributed by atoms with Gasteiger partial charge in [-0.1, -0.05) is 32.0 Å². The molecule has 1 saturated heterocycles. The molecule has 1 aliphatic carbocycles. The molecule has 2 unspecified atom stereocenters. The second-order valence-corrected chi connectivity index (χ2v) is 13.0. The summed E-state index contributed by atoms with van der Waals surface area (Å²) < 4.78 is 39.3. The highest BCUT2D eigenvalue weighted by Gasteiger charge is 2.50. The van der Waals surface area contributed by atoms with Crippen LogP contribution in [0.3, 0.4) is 0 Å². The van der Waals surface area contributed by atoms with Crippen LogP contribution in [0.15, 0.2) is 40.4 Å². The minimum absolute atomic E-state index is 0.0752. The van der Waals surface area contributed by atoms with Gasteiger partial charge >= 0.3 is 5.97 Å². The van der Waals surface area contributed by atoms with Crippen LogP contribution in [0.5, 0.6) is 0 Å². The van der Waals surface area contributed by atoms with E-state index in [-0.39, 0.29) is 46.7 Å². The van der Waals surface area contributed by atoms with Crippen molar-refractivity contribution in [2.75, 3.05) is 32.8 Å². The predicted molar refractivity (Wildman–Crippen MR) is 136 cm³/mol. The van der Waals surface area contributed by atoms with E-state index < -0.39 is 10.0 Å². The normalized spacial score (nSPS) is 24.8. The molecular weight excluding hydrogens is 480 g/mol. The molecule has 2 fully saturated rings. The maximum atomic E-state index is 13.5. The van der Waals surface area contributed by atoms with Gasteiger partial charge in [-0.3, -0.25) is 9.59 Å². The highest BCUT2D eigenvalue weighted by molar-refractivity contribution is 7.89. The van der Waals surface area contributed by atoms with E-state index in [1.165, 1.54) is 4.31 Å². The molecule has 1 aromatic rings. The summed E-state index contributed by atoms with van der Waals surface area (Å²) in [7, 11) is -3.70. The Morgan fingerprint density at radius 3 is 2.53 bits per heavy atom. The molecule has 4 rings (SSSR count). The van der Waals surface area contributed by atoms with Gasteiger partial charge in [0.15, 0.2) is 0 Å². The van der Waals surface area contributed by atoms with E-state index >= 15 is 0 Å². The molecule has 198 valence electrons. The summed E-state index contributed by atoms with van der Waals surface area (Å²) in [5.41, 5.74) is 2.27. The molecule has 0 aromatic heterocycles. The number of allylic oxidation sites excluding steroid dienone is 1. The molecule has 36 heavy (non-hydrogen) atoms. The Bertz CT molecular complexity index is 1150. The number of ether oxygens (including phenoxy) is 2. The van der Waals surface area contributed by atoms with Gasteiger partial charge in [0, 0.05) is 31.2 Å². The summed E-state index contributed by atoms with van der Waals surface area (Å²) in [5, 5.41) is 0. The summed E-state index contributed by atoms with van der Waals surface area (Å²) in [4.78, 5) is 28.4. The van der Waals surface area contributed by atoms with Crippen LogP contribution in [0.2, 0.25) is 0 Å². The summed E-state index contributed by atoms with van der Waals surface area (Å²) in [6.45, 7) is 11.2. The van der Waals surface area contributed by atoms with Crippen LogP contribution in [-0.2, 0) is 35.5 Å². The number of fused-ring (bicyclic) bond motifs is 1. The van der Waals surface area contributed by atoms with Crippen LogP contribution in [0.4, 0.5) is 0 Å². The smallest absolute Gasteiger partial charge is 0.325 e. The molecule has 8 nitrogen and oxygen atoms in total. The standard InChI is InChI=1S/C27H38N2O6S/c1-18(2)35-25(31)17-29-19(3)21(26-22(29)15-27(4,5)16-23(26)30)14-20-8-6-7-9-24(20)36(32,33)28-10-12-34-13-11-28/h6-9,18,22,26H,10-17H2,1-5H3. The van der Waals surface area contributed by atoms with Gasteiger partial charge in [-0.25, -0.2) is 8.42 Å². The first-order valence-corrected chi connectivity index (χ1v) is 14.2. The van der Waals surface area contributed by atoms with Gasteiger partial charge in [0.05, 0.1) is 30.1 Å². The van der Waals surface area contributed by atoms with Crippen molar-refractivity contribution in [2.24, 2.45) is 11.3 Å². The molecule has 1 aromatic carbocycles. The maximum Gasteiger partial charge on any atom is 0.325 e. The van der Waals surface area contributed by atoms with Crippen LogP contribution < -0.4 is 0 Å². The Balaban J connectivity index is 1.70. The Morgan fingerprint density at radius 2 is 1.86 bits per heavy atom. The average molecular weight is 519 g/mol. The zero-order chi connectivity index (χ0) is 26.3. The molecule has 2 aliphatic heterocycles. The van der Waals surface area contributed by atoms with Crippen molar-refractivity contribution in [1.82, 2.24) is 9.21 Å². The molecule has 3 aliphatic rings. The van der Waals surface area contributed by atoms with E-state index in [1.807, 2.05) is 37.8 Å². The molecule has 1 saturated carbocycles. The molecule has 0 amide bonds. The monoisotopic (exact) mass is 518 g/mol. The Labute approximate surface area is 214 Å².